The van der Waals surface area contributed by atoms with Gasteiger partial charge in [-0.3, -0.25) is 0 Å². The molecule has 0 rings (SSSR count). The Kier molecular flexibility index (Phi) is 26.0. The Morgan fingerprint density at radius 2 is 1.00 bits per heavy atom. The van der Waals surface area contributed by atoms with Crippen LogP contribution in [-0.4, -0.2) is 19.2 Å². The third kappa shape index (κ3) is 24.7. The molecule has 0 unspecified atom stereocenters. The first kappa shape index (κ1) is 26.7. The van der Waals surface area contributed by atoms with Crippen molar-refractivity contribution in [3.8, 4) is 0 Å². The van der Waals surface area contributed by atoms with Crippen molar-refractivity contribution in [3.05, 3.63) is 0 Å². The van der Waals surface area contributed by atoms with Crippen molar-refractivity contribution in [1.82, 2.24) is 0 Å². The van der Waals surface area contributed by atoms with E-state index in [0.29, 0.717) is 6.61 Å². The van der Waals surface area contributed by atoms with Gasteiger partial charge in [0.15, 0.2) is 0 Å². The number of hydrogen-bond acceptors (Lipinski definition) is 3. The predicted octanol–water partition coefficient (Wildman–Crippen LogP) is 2.02. The van der Waals surface area contributed by atoms with Crippen LogP contribution in [0.2, 0.25) is 0 Å². The number of aliphatic carboxylic acids is 1. The van der Waals surface area contributed by atoms with Gasteiger partial charge in [-0.1, -0.05) is 103 Å². The second-order valence-electron chi connectivity index (χ2n) is 6.73. The predicted molar refractivity (Wildman–Crippen MR) is 95.4 cm³/mol. The van der Waals surface area contributed by atoms with Crippen LogP contribution in [0.4, 0.5) is 0 Å². The SMILES string of the molecule is CCCCCCCCCCCCCCCCCCOCC(=O)[O-].[Na+]. The molecular weight excluding hydrogens is 311 g/mol. The molecule has 3 nitrogen and oxygen atoms in total. The number of carbonyl (C=O) groups excluding carboxylic acids is 1. The van der Waals surface area contributed by atoms with Gasteiger partial charge in [-0.15, -0.1) is 0 Å². The number of carboxylic acid groups (broad SMARTS) is 1. The van der Waals surface area contributed by atoms with E-state index in [1.165, 1.54) is 89.9 Å². The van der Waals surface area contributed by atoms with Crippen molar-refractivity contribution < 1.29 is 44.2 Å². The molecule has 138 valence electrons. The number of unbranched alkanes of at least 4 members (excludes halogenated alkanes) is 15. The van der Waals surface area contributed by atoms with Crippen LogP contribution < -0.4 is 34.7 Å². The number of ether oxygens (including phenoxy) is 1. The van der Waals surface area contributed by atoms with E-state index in [0.717, 1.165) is 12.8 Å². The van der Waals surface area contributed by atoms with E-state index in [-0.39, 0.29) is 36.2 Å². The molecule has 0 saturated carbocycles. The first-order valence-corrected chi connectivity index (χ1v) is 10.0. The van der Waals surface area contributed by atoms with Crippen LogP contribution >= 0.6 is 0 Å². The van der Waals surface area contributed by atoms with Gasteiger partial charge in [0.1, 0.15) is 0 Å². The molecule has 0 bridgehead atoms. The van der Waals surface area contributed by atoms with E-state index < -0.39 is 5.97 Å². The first-order valence-electron chi connectivity index (χ1n) is 10.0. The fourth-order valence-corrected chi connectivity index (χ4v) is 2.91. The van der Waals surface area contributed by atoms with Gasteiger partial charge in [0.25, 0.3) is 0 Å². The fourth-order valence-electron chi connectivity index (χ4n) is 2.91. The van der Waals surface area contributed by atoms with Crippen molar-refractivity contribution in [1.29, 1.82) is 0 Å². The molecule has 0 aliphatic heterocycles. The van der Waals surface area contributed by atoms with Crippen molar-refractivity contribution in [2.24, 2.45) is 0 Å². The third-order valence-corrected chi connectivity index (χ3v) is 4.36. The summed E-state index contributed by atoms with van der Waals surface area (Å²) in [5.74, 6) is -1.12. The molecule has 0 saturated heterocycles. The van der Waals surface area contributed by atoms with E-state index in [1.807, 2.05) is 0 Å². The minimum atomic E-state index is -1.12. The van der Waals surface area contributed by atoms with Gasteiger partial charge in [0.05, 0.1) is 12.6 Å². The number of hydrogen-bond donors (Lipinski definition) is 0. The molecule has 0 N–H and O–H groups in total. The molecule has 4 heteroatoms. The molecule has 0 aromatic rings. The molecule has 0 radical (unpaired) electrons. The molecule has 0 aromatic carbocycles. The molecule has 0 heterocycles. The molecular formula is C20H39NaO3. The Hall–Kier alpha value is 0.430. The van der Waals surface area contributed by atoms with Crippen molar-refractivity contribution in [2.75, 3.05) is 13.2 Å². The standard InChI is InChI=1S/C20H40O3.Na/c1-2-3-4-5-6-7-8-9-10-11-12-13-14-15-16-17-18-23-19-20(21)22;/h2-19H2,1H3,(H,21,22);/q;+1/p-1. The summed E-state index contributed by atoms with van der Waals surface area (Å²) >= 11 is 0. The monoisotopic (exact) mass is 350 g/mol. The summed E-state index contributed by atoms with van der Waals surface area (Å²) in [6.45, 7) is 2.56. The van der Waals surface area contributed by atoms with Gasteiger partial charge in [-0.05, 0) is 6.42 Å². The third-order valence-electron chi connectivity index (χ3n) is 4.36. The smallest absolute Gasteiger partial charge is 0.548 e. The van der Waals surface area contributed by atoms with Gasteiger partial charge in [-0.2, -0.15) is 0 Å². The van der Waals surface area contributed by atoms with E-state index in [2.05, 4.69) is 6.92 Å². The van der Waals surface area contributed by atoms with Crippen molar-refractivity contribution in [3.63, 3.8) is 0 Å². The largest absolute Gasteiger partial charge is 1.00 e. The van der Waals surface area contributed by atoms with Crippen LogP contribution in [0.25, 0.3) is 0 Å². The summed E-state index contributed by atoms with van der Waals surface area (Å²) in [6.07, 6.45) is 21.5. The van der Waals surface area contributed by atoms with Gasteiger partial charge in [-0.25, -0.2) is 0 Å². The Bertz CT molecular complexity index is 247. The van der Waals surface area contributed by atoms with E-state index in [4.69, 9.17) is 4.74 Å². The maximum Gasteiger partial charge on any atom is 1.00 e. The minimum absolute atomic E-state index is 0. The summed E-state index contributed by atoms with van der Waals surface area (Å²) in [4.78, 5) is 10.1. The van der Waals surface area contributed by atoms with Crippen molar-refractivity contribution >= 4 is 5.97 Å². The number of carbonyl (C=O) groups is 1. The van der Waals surface area contributed by atoms with Gasteiger partial charge in [0, 0.05) is 6.61 Å². The summed E-state index contributed by atoms with van der Waals surface area (Å²) in [5.41, 5.74) is 0. The fraction of sp³-hybridized carbons (Fsp3) is 0.950. The molecule has 0 aliphatic carbocycles. The first-order chi connectivity index (χ1) is 11.3. The molecule has 24 heavy (non-hydrogen) atoms. The molecule has 0 amide bonds. The van der Waals surface area contributed by atoms with Crippen LogP contribution in [0.3, 0.4) is 0 Å². The van der Waals surface area contributed by atoms with Gasteiger partial charge in [0.2, 0.25) is 0 Å². The van der Waals surface area contributed by atoms with Crippen LogP contribution in [0, 0.1) is 0 Å². The number of rotatable bonds is 19. The quantitative estimate of drug-likeness (QED) is 0.264. The average molecular weight is 351 g/mol. The second-order valence-corrected chi connectivity index (χ2v) is 6.73. The minimum Gasteiger partial charge on any atom is -0.548 e. The maximum absolute atomic E-state index is 10.1. The van der Waals surface area contributed by atoms with Gasteiger partial charge < -0.3 is 14.6 Å². The Labute approximate surface area is 172 Å². The van der Waals surface area contributed by atoms with Crippen LogP contribution in [0.15, 0.2) is 0 Å². The van der Waals surface area contributed by atoms with E-state index >= 15 is 0 Å². The van der Waals surface area contributed by atoms with Crippen molar-refractivity contribution in [2.45, 2.75) is 110 Å². The molecule has 0 atom stereocenters. The topological polar surface area (TPSA) is 49.4 Å². The summed E-state index contributed by atoms with van der Waals surface area (Å²) in [5, 5.41) is 10.1. The van der Waals surface area contributed by atoms with Crippen LogP contribution in [-0.2, 0) is 9.53 Å². The zero-order chi connectivity index (χ0) is 17.0. The number of carboxylic acids is 1. The summed E-state index contributed by atoms with van der Waals surface area (Å²) < 4.78 is 4.95. The average Bonchev–Trinajstić information content (AvgIpc) is 2.53. The zero-order valence-electron chi connectivity index (χ0n) is 16.5. The normalized spacial score (nSPS) is 10.5. The summed E-state index contributed by atoms with van der Waals surface area (Å²) in [6, 6.07) is 0. The summed E-state index contributed by atoms with van der Waals surface area (Å²) in [7, 11) is 0. The van der Waals surface area contributed by atoms with Crippen LogP contribution in [0.1, 0.15) is 110 Å². The molecule has 0 aromatic heterocycles. The zero-order valence-corrected chi connectivity index (χ0v) is 18.5. The Morgan fingerprint density at radius 1 is 0.667 bits per heavy atom. The molecule has 0 spiro atoms. The van der Waals surface area contributed by atoms with Gasteiger partial charge >= 0.3 is 29.6 Å². The Balaban J connectivity index is 0. The molecule has 0 aliphatic rings. The second kappa shape index (κ2) is 23.4. The van der Waals surface area contributed by atoms with E-state index in [9.17, 15) is 9.90 Å². The maximum atomic E-state index is 10.1. The molecule has 0 fully saturated rings. The van der Waals surface area contributed by atoms with Crippen LogP contribution in [0.5, 0.6) is 0 Å². The van der Waals surface area contributed by atoms with E-state index in [1.54, 1.807) is 0 Å². The Morgan fingerprint density at radius 3 is 1.33 bits per heavy atom.